The lowest BCUT2D eigenvalue weighted by Gasteiger charge is -2.32. The number of aromatic nitrogens is 4. The lowest BCUT2D eigenvalue weighted by Crippen LogP contribution is -2.45. The van der Waals surface area contributed by atoms with E-state index < -0.39 is 5.91 Å². The van der Waals surface area contributed by atoms with Crippen LogP contribution in [0.4, 0.5) is 0 Å². The minimum absolute atomic E-state index is 0.348. The number of piperazine rings is 1. The van der Waals surface area contributed by atoms with E-state index in [1.807, 2.05) is 58.8 Å². The monoisotopic (exact) mass is 589 g/mol. The molecule has 1 fully saturated rings. The molecular weight excluding hydrogens is 558 g/mol. The Kier molecular flexibility index (Phi) is 7.81. The van der Waals surface area contributed by atoms with Crippen LogP contribution in [0.1, 0.15) is 28.3 Å². The Morgan fingerprint density at radius 1 is 1.10 bits per heavy atom. The summed E-state index contributed by atoms with van der Waals surface area (Å²) < 4.78 is 10.1. The van der Waals surface area contributed by atoms with E-state index in [2.05, 4.69) is 45.3 Å². The Hall–Kier alpha value is -3.70. The van der Waals surface area contributed by atoms with Crippen molar-refractivity contribution >= 4 is 39.9 Å². The molecule has 4 heterocycles. The number of fused-ring (bicyclic) bond motifs is 1. The van der Waals surface area contributed by atoms with Gasteiger partial charge in [0.25, 0.3) is 5.91 Å². The van der Waals surface area contributed by atoms with Crippen LogP contribution in [-0.4, -0.2) is 74.8 Å². The number of thiophene rings is 1. The quantitative estimate of drug-likeness (QED) is 0.257. The normalized spacial score (nSPS) is 15.4. The molecule has 212 valence electrons. The van der Waals surface area contributed by atoms with Crippen molar-refractivity contribution in [2.75, 3.05) is 39.8 Å². The number of hydrogen-bond acceptors (Lipinski definition) is 7. The van der Waals surface area contributed by atoms with Gasteiger partial charge in [-0.3, -0.25) is 18.9 Å². The molecule has 41 heavy (non-hydrogen) atoms. The van der Waals surface area contributed by atoms with Gasteiger partial charge in [-0.15, -0.1) is 11.3 Å². The Balaban J connectivity index is 1.20. The lowest BCUT2D eigenvalue weighted by atomic mass is 10.1. The highest BCUT2D eigenvalue weighted by Gasteiger charge is 2.21. The molecule has 1 aliphatic heterocycles. The molecule has 0 aliphatic carbocycles. The maximum absolute atomic E-state index is 12.3. The Morgan fingerprint density at radius 3 is 2.68 bits per heavy atom. The highest BCUT2D eigenvalue weighted by Crippen LogP contribution is 2.37. The minimum Gasteiger partial charge on any atom is -0.484 e. The molecule has 1 aliphatic rings. The van der Waals surface area contributed by atoms with Crippen LogP contribution in [0.3, 0.4) is 0 Å². The van der Waals surface area contributed by atoms with Gasteiger partial charge in [0.15, 0.2) is 0 Å². The topological polar surface area (TPSA) is 94.4 Å². The second kappa shape index (κ2) is 11.7. The molecular formula is C30H32ClN7O2S. The third-order valence-corrected chi connectivity index (χ3v) is 9.02. The number of halogens is 1. The smallest absolute Gasteiger partial charge is 0.262 e. The van der Waals surface area contributed by atoms with Crippen LogP contribution in [-0.2, 0) is 6.54 Å². The van der Waals surface area contributed by atoms with Gasteiger partial charge in [-0.2, -0.15) is 5.10 Å². The van der Waals surface area contributed by atoms with E-state index in [9.17, 15) is 4.79 Å². The minimum atomic E-state index is -0.543. The SMILES string of the molecule is C[C@@H](Oc1cc(-n2cnc3cc(-c4cnn(CCN5CCN(C)CC5)c4)ccc32)sc1C(N)=O)c1ccccc1Cl. The number of benzene rings is 2. The number of carbonyl (C=O) groups excluding carboxylic acids is 1. The number of carbonyl (C=O) groups is 1. The standard InChI is InChI=1S/C30H32ClN7O2S/c1-20(23-5-3-4-6-24(23)31)40-27-16-28(41-29(27)30(32)39)38-19-33-25-15-21(7-8-26(25)38)22-17-34-37(18-22)14-13-36-11-9-35(2)10-12-36/h3-8,15-20H,9-14H2,1-2H3,(H2,32,39)/t20-/m1/s1. The average molecular weight is 590 g/mol. The highest BCUT2D eigenvalue weighted by atomic mass is 35.5. The van der Waals surface area contributed by atoms with Crippen molar-refractivity contribution in [2.45, 2.75) is 19.6 Å². The number of nitrogens with zero attached hydrogens (tertiary/aromatic N) is 6. The molecule has 0 radical (unpaired) electrons. The van der Waals surface area contributed by atoms with E-state index >= 15 is 0 Å². The number of primary amides is 1. The van der Waals surface area contributed by atoms with Gasteiger partial charge in [-0.1, -0.05) is 35.9 Å². The van der Waals surface area contributed by atoms with Crippen LogP contribution in [0.2, 0.25) is 5.02 Å². The first kappa shape index (κ1) is 27.5. The largest absolute Gasteiger partial charge is 0.484 e. The second-order valence-corrected chi connectivity index (χ2v) is 11.8. The molecule has 5 aromatic rings. The molecule has 11 heteroatoms. The van der Waals surface area contributed by atoms with Crippen molar-refractivity contribution in [3.05, 3.63) is 82.7 Å². The third-order valence-electron chi connectivity index (χ3n) is 7.55. The summed E-state index contributed by atoms with van der Waals surface area (Å²) in [5.74, 6) is -0.119. The van der Waals surface area contributed by atoms with Crippen molar-refractivity contribution in [2.24, 2.45) is 5.73 Å². The van der Waals surface area contributed by atoms with E-state index in [4.69, 9.17) is 22.1 Å². The van der Waals surface area contributed by atoms with Crippen molar-refractivity contribution in [3.63, 3.8) is 0 Å². The molecule has 6 rings (SSSR count). The van der Waals surface area contributed by atoms with Crippen LogP contribution in [0.25, 0.3) is 27.2 Å². The molecule has 0 saturated carbocycles. The van der Waals surface area contributed by atoms with E-state index in [1.54, 1.807) is 6.33 Å². The first-order valence-corrected chi connectivity index (χ1v) is 14.8. The van der Waals surface area contributed by atoms with Crippen LogP contribution < -0.4 is 10.5 Å². The van der Waals surface area contributed by atoms with Crippen LogP contribution in [0.15, 0.2) is 67.3 Å². The number of amides is 1. The molecule has 0 bridgehead atoms. The predicted octanol–water partition coefficient (Wildman–Crippen LogP) is 5.09. The third kappa shape index (κ3) is 5.87. The van der Waals surface area contributed by atoms with Crippen LogP contribution in [0.5, 0.6) is 5.75 Å². The van der Waals surface area contributed by atoms with Gasteiger partial charge < -0.3 is 15.4 Å². The van der Waals surface area contributed by atoms with Gasteiger partial charge in [-0.05, 0) is 37.7 Å². The average Bonchev–Trinajstić information content (AvgIpc) is 3.71. The molecule has 1 amide bonds. The van der Waals surface area contributed by atoms with Gasteiger partial charge in [0.2, 0.25) is 0 Å². The van der Waals surface area contributed by atoms with Crippen molar-refractivity contribution < 1.29 is 9.53 Å². The maximum atomic E-state index is 12.3. The fourth-order valence-electron chi connectivity index (χ4n) is 5.12. The summed E-state index contributed by atoms with van der Waals surface area (Å²) in [6.07, 6.45) is 5.39. The number of nitrogens with two attached hydrogens (primary N) is 1. The van der Waals surface area contributed by atoms with E-state index in [0.717, 1.165) is 72.0 Å². The summed E-state index contributed by atoms with van der Waals surface area (Å²) in [5.41, 5.74) is 10.4. The molecule has 3 aromatic heterocycles. The van der Waals surface area contributed by atoms with Gasteiger partial charge in [-0.25, -0.2) is 4.98 Å². The zero-order valence-electron chi connectivity index (χ0n) is 23.0. The Labute approximate surface area is 247 Å². The van der Waals surface area contributed by atoms with Crippen LogP contribution >= 0.6 is 22.9 Å². The number of likely N-dealkylation sites (N-methyl/N-ethyl adjacent to an activating group) is 1. The second-order valence-electron chi connectivity index (χ2n) is 10.4. The number of imidazole rings is 1. The molecule has 9 nitrogen and oxygen atoms in total. The predicted molar refractivity (Wildman–Crippen MR) is 163 cm³/mol. The van der Waals surface area contributed by atoms with Gasteiger partial charge >= 0.3 is 0 Å². The first-order chi connectivity index (χ1) is 19.9. The zero-order valence-corrected chi connectivity index (χ0v) is 24.6. The fourth-order valence-corrected chi connectivity index (χ4v) is 6.33. The van der Waals surface area contributed by atoms with Crippen LogP contribution in [0, 0.1) is 0 Å². The van der Waals surface area contributed by atoms with Gasteiger partial charge in [0, 0.05) is 61.1 Å². The Bertz CT molecular complexity index is 1690. The maximum Gasteiger partial charge on any atom is 0.262 e. The molecule has 2 aromatic carbocycles. The molecule has 0 spiro atoms. The summed E-state index contributed by atoms with van der Waals surface area (Å²) in [5, 5.41) is 5.98. The molecule has 0 unspecified atom stereocenters. The fraction of sp³-hybridized carbons (Fsp3) is 0.300. The number of hydrogen-bond donors (Lipinski definition) is 1. The summed E-state index contributed by atoms with van der Waals surface area (Å²) in [4.78, 5) is 22.2. The summed E-state index contributed by atoms with van der Waals surface area (Å²) in [7, 11) is 2.17. The van der Waals surface area contributed by atoms with E-state index in [1.165, 1.54) is 11.3 Å². The molecule has 1 saturated heterocycles. The molecule has 1 atom stereocenters. The van der Waals surface area contributed by atoms with Crippen molar-refractivity contribution in [1.82, 2.24) is 29.1 Å². The van der Waals surface area contributed by atoms with Crippen molar-refractivity contribution in [1.29, 1.82) is 0 Å². The van der Waals surface area contributed by atoms with Gasteiger partial charge in [0.05, 0.1) is 23.8 Å². The Morgan fingerprint density at radius 2 is 1.90 bits per heavy atom. The van der Waals surface area contributed by atoms with E-state index in [-0.39, 0.29) is 6.10 Å². The zero-order chi connectivity index (χ0) is 28.5. The van der Waals surface area contributed by atoms with Crippen molar-refractivity contribution in [3.8, 4) is 21.9 Å². The van der Waals surface area contributed by atoms with E-state index in [0.29, 0.717) is 15.6 Å². The molecule has 2 N–H and O–H groups in total. The lowest BCUT2D eigenvalue weighted by molar-refractivity contribution is 0.0998. The first-order valence-electron chi connectivity index (χ1n) is 13.6. The van der Waals surface area contributed by atoms with Gasteiger partial charge in [0.1, 0.15) is 28.1 Å². The number of ether oxygens (including phenoxy) is 1. The summed E-state index contributed by atoms with van der Waals surface area (Å²) >= 11 is 7.63. The summed E-state index contributed by atoms with van der Waals surface area (Å²) in [6.45, 7) is 8.18. The summed E-state index contributed by atoms with van der Waals surface area (Å²) in [6, 6.07) is 15.5. The number of rotatable bonds is 9. The highest BCUT2D eigenvalue weighted by molar-refractivity contribution is 7.16.